The molecule has 0 bridgehead atoms. The Morgan fingerprint density at radius 2 is 1.62 bits per heavy atom. The number of nitrogens with zero attached hydrogens (tertiary/aromatic N) is 2. The van der Waals surface area contributed by atoms with Crippen LogP contribution in [0.1, 0.15) is 37.6 Å². The van der Waals surface area contributed by atoms with Gasteiger partial charge in [-0.2, -0.15) is 0 Å². The summed E-state index contributed by atoms with van der Waals surface area (Å²) in [6.07, 6.45) is 1.84. The highest BCUT2D eigenvalue weighted by molar-refractivity contribution is 6.30. The maximum absolute atomic E-state index is 5.97. The zero-order valence-corrected chi connectivity index (χ0v) is 19.5. The molecule has 0 aliphatic rings. The van der Waals surface area contributed by atoms with E-state index in [1.807, 2.05) is 54.7 Å². The summed E-state index contributed by atoms with van der Waals surface area (Å²) < 4.78 is 0. The van der Waals surface area contributed by atoms with Crippen molar-refractivity contribution < 1.29 is 0 Å². The van der Waals surface area contributed by atoms with E-state index >= 15 is 0 Å². The van der Waals surface area contributed by atoms with Crippen molar-refractivity contribution in [1.82, 2.24) is 9.97 Å². The van der Waals surface area contributed by atoms with E-state index in [4.69, 9.17) is 16.6 Å². The summed E-state index contributed by atoms with van der Waals surface area (Å²) in [7, 11) is 0. The van der Waals surface area contributed by atoms with Gasteiger partial charge >= 0.3 is 0 Å². The number of pyridine rings is 2. The van der Waals surface area contributed by atoms with Crippen LogP contribution < -0.4 is 5.32 Å². The molecule has 0 radical (unpaired) electrons. The van der Waals surface area contributed by atoms with Gasteiger partial charge in [0.1, 0.15) is 11.5 Å². The number of fused-ring (bicyclic) bond motifs is 1. The summed E-state index contributed by atoms with van der Waals surface area (Å²) in [5.74, 6) is 7.86. The van der Waals surface area contributed by atoms with Crippen molar-refractivity contribution in [1.29, 1.82) is 0 Å². The van der Waals surface area contributed by atoms with E-state index in [1.165, 1.54) is 5.56 Å². The molecule has 0 saturated carbocycles. The van der Waals surface area contributed by atoms with Crippen molar-refractivity contribution >= 4 is 28.3 Å². The molecule has 1 atom stereocenters. The zero-order chi connectivity index (χ0) is 22.7. The summed E-state index contributed by atoms with van der Waals surface area (Å²) >= 11 is 5.97. The number of halogens is 1. The fourth-order valence-electron chi connectivity index (χ4n) is 3.36. The third-order valence-corrected chi connectivity index (χ3v) is 5.92. The van der Waals surface area contributed by atoms with Crippen LogP contribution in [0.5, 0.6) is 0 Å². The van der Waals surface area contributed by atoms with Crippen LogP contribution in [0.2, 0.25) is 5.02 Å². The molecular weight excluding hydrogens is 414 g/mol. The molecule has 0 fully saturated rings. The van der Waals surface area contributed by atoms with Gasteiger partial charge < -0.3 is 5.32 Å². The quantitative estimate of drug-likeness (QED) is 0.344. The third-order valence-electron chi connectivity index (χ3n) is 5.67. The molecule has 2 aromatic carbocycles. The first-order chi connectivity index (χ1) is 15.4. The Hall–Kier alpha value is -3.35. The minimum atomic E-state index is 0.364. The Morgan fingerprint density at radius 1 is 0.875 bits per heavy atom. The number of nitrogens with one attached hydrogen (secondary N) is 1. The molecule has 3 nitrogen and oxygen atoms in total. The van der Waals surface area contributed by atoms with Crippen LogP contribution in [0.15, 0.2) is 66.9 Å². The standard InChI is InChI=1S/C28H26ClN3/c1-18(2)20(4)31-28-15-19(3)26-16-21(6-14-27(26)32-28)5-12-25-13-9-23(17-30-25)22-7-10-24(29)11-8-22/h6-11,13-18,20H,1-4H3,(H,31,32). The predicted octanol–water partition coefficient (Wildman–Crippen LogP) is 7.11. The number of benzene rings is 2. The fourth-order valence-corrected chi connectivity index (χ4v) is 3.49. The first kappa shape index (κ1) is 21.9. The molecule has 1 unspecified atom stereocenters. The van der Waals surface area contributed by atoms with Crippen LogP contribution in [0.25, 0.3) is 22.0 Å². The predicted molar refractivity (Wildman–Crippen MR) is 135 cm³/mol. The molecule has 32 heavy (non-hydrogen) atoms. The highest BCUT2D eigenvalue weighted by atomic mass is 35.5. The second kappa shape index (κ2) is 9.42. The maximum Gasteiger partial charge on any atom is 0.127 e. The lowest BCUT2D eigenvalue weighted by molar-refractivity contribution is 0.558. The highest BCUT2D eigenvalue weighted by Crippen LogP contribution is 2.23. The SMILES string of the molecule is Cc1cc(NC(C)C(C)C)nc2ccc(C#Cc3ccc(-c4ccc(Cl)cc4)cn3)cc12. The van der Waals surface area contributed by atoms with Gasteiger partial charge in [-0.3, -0.25) is 0 Å². The van der Waals surface area contributed by atoms with Crippen LogP contribution in [-0.4, -0.2) is 16.0 Å². The lowest BCUT2D eigenvalue weighted by Gasteiger charge is -2.19. The normalized spacial score (nSPS) is 11.8. The molecule has 0 aliphatic carbocycles. The van der Waals surface area contributed by atoms with E-state index in [9.17, 15) is 0 Å². The zero-order valence-electron chi connectivity index (χ0n) is 18.8. The Bertz CT molecular complexity index is 1300. The Balaban J connectivity index is 1.55. The van der Waals surface area contributed by atoms with Gasteiger partial charge in [-0.15, -0.1) is 0 Å². The molecule has 0 spiro atoms. The van der Waals surface area contributed by atoms with Crippen LogP contribution in [0, 0.1) is 24.7 Å². The summed E-state index contributed by atoms with van der Waals surface area (Å²) in [6.45, 7) is 8.71. The van der Waals surface area contributed by atoms with Crippen molar-refractivity contribution in [2.75, 3.05) is 5.32 Å². The van der Waals surface area contributed by atoms with Gasteiger partial charge in [0.25, 0.3) is 0 Å². The molecular formula is C28H26ClN3. The lowest BCUT2D eigenvalue weighted by Crippen LogP contribution is -2.22. The maximum atomic E-state index is 5.97. The molecule has 1 N–H and O–H groups in total. The average Bonchev–Trinajstić information content (AvgIpc) is 2.79. The summed E-state index contributed by atoms with van der Waals surface area (Å²) in [6, 6.07) is 20.3. The largest absolute Gasteiger partial charge is 0.367 e. The first-order valence-electron chi connectivity index (χ1n) is 10.8. The van der Waals surface area contributed by atoms with E-state index in [-0.39, 0.29) is 0 Å². The van der Waals surface area contributed by atoms with Crippen LogP contribution in [-0.2, 0) is 0 Å². The van der Waals surface area contributed by atoms with Crippen molar-refractivity contribution in [2.45, 2.75) is 33.7 Å². The van der Waals surface area contributed by atoms with E-state index in [0.29, 0.717) is 12.0 Å². The first-order valence-corrected chi connectivity index (χ1v) is 11.2. The molecule has 4 rings (SSSR count). The third kappa shape index (κ3) is 5.10. The van der Waals surface area contributed by atoms with Gasteiger partial charge in [-0.05, 0) is 79.3 Å². The summed E-state index contributed by atoms with van der Waals surface area (Å²) in [5.41, 5.74) is 5.95. The minimum absolute atomic E-state index is 0.364. The number of anilines is 1. The molecule has 0 amide bonds. The van der Waals surface area contributed by atoms with Crippen molar-refractivity contribution in [2.24, 2.45) is 5.92 Å². The number of hydrogen-bond donors (Lipinski definition) is 1. The fraction of sp³-hybridized carbons (Fsp3) is 0.214. The Morgan fingerprint density at radius 3 is 2.31 bits per heavy atom. The van der Waals surface area contributed by atoms with Gasteiger partial charge in [0.2, 0.25) is 0 Å². The van der Waals surface area contributed by atoms with Crippen LogP contribution in [0.4, 0.5) is 5.82 Å². The number of hydrogen-bond acceptors (Lipinski definition) is 3. The van der Waals surface area contributed by atoms with Gasteiger partial charge in [0, 0.05) is 33.8 Å². The van der Waals surface area contributed by atoms with Gasteiger partial charge in [0.05, 0.1) is 5.52 Å². The smallest absolute Gasteiger partial charge is 0.127 e. The van der Waals surface area contributed by atoms with Crippen molar-refractivity contribution in [3.05, 3.63) is 88.7 Å². The molecule has 0 saturated heterocycles. The highest BCUT2D eigenvalue weighted by Gasteiger charge is 2.09. The molecule has 4 aromatic rings. The minimum Gasteiger partial charge on any atom is -0.367 e. The number of aromatic nitrogens is 2. The monoisotopic (exact) mass is 439 g/mol. The summed E-state index contributed by atoms with van der Waals surface area (Å²) in [4.78, 5) is 9.28. The summed E-state index contributed by atoms with van der Waals surface area (Å²) in [5, 5.41) is 5.34. The molecule has 2 aromatic heterocycles. The van der Waals surface area contributed by atoms with Crippen molar-refractivity contribution in [3.8, 4) is 23.0 Å². The molecule has 2 heterocycles. The Labute approximate surface area is 194 Å². The van der Waals surface area contributed by atoms with E-state index in [2.05, 4.69) is 62.0 Å². The molecule has 160 valence electrons. The Kier molecular flexibility index (Phi) is 6.44. The van der Waals surface area contributed by atoms with Crippen LogP contribution in [0.3, 0.4) is 0 Å². The van der Waals surface area contributed by atoms with Crippen molar-refractivity contribution in [3.63, 3.8) is 0 Å². The van der Waals surface area contributed by atoms with E-state index < -0.39 is 0 Å². The van der Waals surface area contributed by atoms with Gasteiger partial charge in [-0.1, -0.05) is 49.6 Å². The van der Waals surface area contributed by atoms with E-state index in [1.54, 1.807) is 0 Å². The van der Waals surface area contributed by atoms with Crippen LogP contribution >= 0.6 is 11.6 Å². The molecule has 4 heteroatoms. The van der Waals surface area contributed by atoms with E-state index in [0.717, 1.165) is 44.1 Å². The number of rotatable bonds is 4. The topological polar surface area (TPSA) is 37.8 Å². The average molecular weight is 440 g/mol. The molecule has 0 aliphatic heterocycles. The second-order valence-electron chi connectivity index (χ2n) is 8.42. The second-order valence-corrected chi connectivity index (χ2v) is 8.86. The number of aryl methyl sites for hydroxylation is 1. The van der Waals surface area contributed by atoms with Gasteiger partial charge in [-0.25, -0.2) is 9.97 Å². The van der Waals surface area contributed by atoms with Gasteiger partial charge in [0.15, 0.2) is 0 Å². The lowest BCUT2D eigenvalue weighted by atomic mass is 10.0.